The van der Waals surface area contributed by atoms with E-state index in [0.29, 0.717) is 29.1 Å². The molecule has 9 heteroatoms. The summed E-state index contributed by atoms with van der Waals surface area (Å²) in [6, 6.07) is 3.82. The third-order valence-electron chi connectivity index (χ3n) is 7.32. The largest absolute Gasteiger partial charge is 0.390 e. The molecule has 34 heavy (non-hydrogen) atoms. The molecule has 182 valence electrons. The Hall–Kier alpha value is -2.81. The van der Waals surface area contributed by atoms with Crippen molar-refractivity contribution >= 4 is 28.7 Å². The first-order valence-electron chi connectivity index (χ1n) is 12.2. The molecule has 3 N–H and O–H groups in total. The molecule has 7 nitrogen and oxygen atoms in total. The smallest absolute Gasteiger partial charge is 0.224 e. The Morgan fingerprint density at radius 2 is 1.85 bits per heavy atom. The van der Waals surface area contributed by atoms with Crippen molar-refractivity contribution in [2.45, 2.75) is 82.9 Å². The highest BCUT2D eigenvalue weighted by Crippen LogP contribution is 2.43. The Balaban J connectivity index is 1.52. The van der Waals surface area contributed by atoms with E-state index in [1.165, 1.54) is 31.4 Å². The minimum absolute atomic E-state index is 0.0323. The quantitative estimate of drug-likeness (QED) is 0.428. The molecule has 3 aromatic rings. The number of fused-ring (bicyclic) bond motifs is 1. The molecule has 0 radical (unpaired) electrons. The zero-order valence-corrected chi connectivity index (χ0v) is 19.7. The molecule has 5 rings (SSSR count). The van der Waals surface area contributed by atoms with Gasteiger partial charge in [0.1, 0.15) is 17.2 Å². The summed E-state index contributed by atoms with van der Waals surface area (Å²) < 4.78 is 29.9. The van der Waals surface area contributed by atoms with E-state index in [9.17, 15) is 13.9 Å². The second-order valence-corrected chi connectivity index (χ2v) is 10.3. The van der Waals surface area contributed by atoms with Gasteiger partial charge in [0.2, 0.25) is 11.9 Å². The van der Waals surface area contributed by atoms with Gasteiger partial charge in [-0.3, -0.25) is 4.57 Å². The topological polar surface area (TPSA) is 87.9 Å². The highest BCUT2D eigenvalue weighted by atomic mass is 19.1. The molecule has 0 aliphatic heterocycles. The predicted octanol–water partition coefficient (Wildman–Crippen LogP) is 5.70. The average molecular weight is 471 g/mol. The number of halogens is 2. The Bertz CT molecular complexity index is 1170. The highest BCUT2D eigenvalue weighted by molar-refractivity contribution is 5.76. The zero-order valence-electron chi connectivity index (χ0n) is 19.7. The summed E-state index contributed by atoms with van der Waals surface area (Å²) in [7, 11) is 0. The van der Waals surface area contributed by atoms with E-state index in [-0.39, 0.29) is 17.6 Å². The maximum atomic E-state index is 14.4. The number of anilines is 3. The van der Waals surface area contributed by atoms with Crippen LogP contribution in [-0.4, -0.2) is 36.3 Å². The first-order chi connectivity index (χ1) is 16.3. The summed E-state index contributed by atoms with van der Waals surface area (Å²) in [5, 5.41) is 17.1. The van der Waals surface area contributed by atoms with E-state index in [1.807, 2.05) is 18.4 Å². The van der Waals surface area contributed by atoms with Gasteiger partial charge in [0.25, 0.3) is 0 Å². The van der Waals surface area contributed by atoms with Crippen LogP contribution >= 0.6 is 0 Å². The summed E-state index contributed by atoms with van der Waals surface area (Å²) in [6.07, 6.45) is 10.0. The zero-order chi connectivity index (χ0) is 23.9. The molecule has 1 unspecified atom stereocenters. The normalized spacial score (nSPS) is 21.8. The maximum absolute atomic E-state index is 14.4. The van der Waals surface area contributed by atoms with Crippen LogP contribution in [0.1, 0.15) is 71.3 Å². The van der Waals surface area contributed by atoms with Gasteiger partial charge in [-0.25, -0.2) is 18.7 Å². The van der Waals surface area contributed by atoms with Crippen LogP contribution in [0.25, 0.3) is 11.2 Å². The molecule has 1 aromatic carbocycles. The van der Waals surface area contributed by atoms with E-state index in [2.05, 4.69) is 20.6 Å². The number of hydrogen-bond acceptors (Lipinski definition) is 6. The third-order valence-corrected chi connectivity index (χ3v) is 7.32. The van der Waals surface area contributed by atoms with E-state index in [1.54, 1.807) is 6.20 Å². The molecular weight excluding hydrogens is 438 g/mol. The van der Waals surface area contributed by atoms with Crippen molar-refractivity contribution in [2.24, 2.45) is 5.92 Å². The van der Waals surface area contributed by atoms with Gasteiger partial charge in [-0.2, -0.15) is 4.98 Å². The maximum Gasteiger partial charge on any atom is 0.224 e. The molecule has 0 amide bonds. The van der Waals surface area contributed by atoms with E-state index < -0.39 is 17.2 Å². The second-order valence-electron chi connectivity index (χ2n) is 10.3. The molecule has 2 aliphatic carbocycles. The molecule has 2 aromatic heterocycles. The van der Waals surface area contributed by atoms with Gasteiger partial charge in [0, 0.05) is 18.2 Å². The van der Waals surface area contributed by atoms with Crippen LogP contribution in [0.5, 0.6) is 0 Å². The molecule has 0 spiro atoms. The van der Waals surface area contributed by atoms with Crippen molar-refractivity contribution in [3.05, 3.63) is 36.0 Å². The van der Waals surface area contributed by atoms with Crippen molar-refractivity contribution in [3.8, 4) is 0 Å². The van der Waals surface area contributed by atoms with Crippen LogP contribution in [0.15, 0.2) is 24.4 Å². The lowest BCUT2D eigenvalue weighted by molar-refractivity contribution is 0.0186. The summed E-state index contributed by atoms with van der Waals surface area (Å²) in [6.45, 7) is 3.68. The first kappa shape index (κ1) is 23.0. The molecule has 2 atom stereocenters. The Morgan fingerprint density at radius 3 is 2.56 bits per heavy atom. The summed E-state index contributed by atoms with van der Waals surface area (Å²) >= 11 is 0. The fourth-order valence-corrected chi connectivity index (χ4v) is 5.37. The molecule has 2 fully saturated rings. The van der Waals surface area contributed by atoms with Crippen LogP contribution in [-0.2, 0) is 0 Å². The number of benzene rings is 1. The van der Waals surface area contributed by atoms with E-state index in [4.69, 9.17) is 4.98 Å². The fraction of sp³-hybridized carbons (Fsp3) is 0.560. The van der Waals surface area contributed by atoms with Crippen LogP contribution in [0.3, 0.4) is 0 Å². The molecule has 0 saturated heterocycles. The molecular formula is C25H32F2N6O. The predicted molar refractivity (Wildman–Crippen MR) is 128 cm³/mol. The van der Waals surface area contributed by atoms with E-state index in [0.717, 1.165) is 38.2 Å². The van der Waals surface area contributed by atoms with Gasteiger partial charge in [-0.05, 0) is 64.0 Å². The Kier molecular flexibility index (Phi) is 6.14. The molecule has 2 saturated carbocycles. The molecule has 2 heterocycles. The lowest BCUT2D eigenvalue weighted by Gasteiger charge is -2.26. The number of aliphatic hydroxyl groups is 1. The van der Waals surface area contributed by atoms with Crippen molar-refractivity contribution in [1.29, 1.82) is 0 Å². The van der Waals surface area contributed by atoms with Crippen LogP contribution in [0, 0.1) is 17.6 Å². The Labute approximate surface area is 198 Å². The molecule has 0 bridgehead atoms. The number of nitrogens with zero attached hydrogens (tertiary/aromatic N) is 4. The molecule has 2 aliphatic rings. The van der Waals surface area contributed by atoms with Crippen molar-refractivity contribution in [3.63, 3.8) is 0 Å². The second kappa shape index (κ2) is 9.09. The lowest BCUT2D eigenvalue weighted by Crippen LogP contribution is -2.29. The summed E-state index contributed by atoms with van der Waals surface area (Å²) in [5.74, 6) is -0.190. The number of hydrogen-bond donors (Lipinski definition) is 3. The summed E-state index contributed by atoms with van der Waals surface area (Å²) in [4.78, 5) is 14.0. The number of nitrogens with one attached hydrogen (secondary N) is 2. The van der Waals surface area contributed by atoms with Gasteiger partial charge in [-0.15, -0.1) is 0 Å². The SMILES string of the molecule is CC(C)(O)[C@@H]1CCC(n2c(Nc3ccc(F)cc3F)nc3cnc(NC4CCCCC4)nc32)C1. The van der Waals surface area contributed by atoms with Crippen LogP contribution < -0.4 is 10.6 Å². The minimum atomic E-state index is -0.787. The average Bonchev–Trinajstić information content (AvgIpc) is 3.41. The number of aromatic nitrogens is 4. The van der Waals surface area contributed by atoms with Gasteiger partial charge >= 0.3 is 0 Å². The van der Waals surface area contributed by atoms with Gasteiger partial charge in [0.15, 0.2) is 5.65 Å². The van der Waals surface area contributed by atoms with Crippen LogP contribution in [0.4, 0.5) is 26.4 Å². The van der Waals surface area contributed by atoms with Crippen molar-refractivity contribution in [1.82, 2.24) is 19.5 Å². The summed E-state index contributed by atoms with van der Waals surface area (Å²) in [5.41, 5.74) is 0.624. The standard InChI is InChI=1S/C25H32F2N6O/c1-25(2,34)15-8-10-18(12-15)33-22-21(14-28-23(32-22)29-17-6-4-3-5-7-17)31-24(33)30-20-11-9-16(26)13-19(20)27/h9,11,13-15,17-18,34H,3-8,10,12H2,1-2H3,(H,30,31)(H,28,29,32)/t15-,18?/m1/s1. The monoisotopic (exact) mass is 470 g/mol. The lowest BCUT2D eigenvalue weighted by atomic mass is 9.89. The van der Waals surface area contributed by atoms with Gasteiger partial charge in [-0.1, -0.05) is 19.3 Å². The Morgan fingerprint density at radius 1 is 1.06 bits per heavy atom. The minimum Gasteiger partial charge on any atom is -0.390 e. The first-order valence-corrected chi connectivity index (χ1v) is 12.2. The number of rotatable bonds is 6. The number of imidazole rings is 1. The fourth-order valence-electron chi connectivity index (χ4n) is 5.37. The van der Waals surface area contributed by atoms with E-state index >= 15 is 0 Å². The van der Waals surface area contributed by atoms with Crippen molar-refractivity contribution in [2.75, 3.05) is 10.6 Å². The highest BCUT2D eigenvalue weighted by Gasteiger charge is 2.37. The van der Waals surface area contributed by atoms with Gasteiger partial charge in [0.05, 0.1) is 17.5 Å². The van der Waals surface area contributed by atoms with Gasteiger partial charge < -0.3 is 15.7 Å². The van der Waals surface area contributed by atoms with Crippen molar-refractivity contribution < 1.29 is 13.9 Å². The van der Waals surface area contributed by atoms with Crippen LogP contribution in [0.2, 0.25) is 0 Å². The third kappa shape index (κ3) is 4.71.